The molecule has 1 radical (unpaired) electrons. The van der Waals surface area contributed by atoms with Crippen LogP contribution in [0.3, 0.4) is 0 Å². The summed E-state index contributed by atoms with van der Waals surface area (Å²) in [4.78, 5) is 0. The van der Waals surface area contributed by atoms with E-state index in [0.717, 1.165) is 6.42 Å². The van der Waals surface area contributed by atoms with E-state index in [2.05, 4.69) is 11.3 Å². The third kappa shape index (κ3) is 10.7. The van der Waals surface area contributed by atoms with Gasteiger partial charge in [0.25, 0.3) is 0 Å². The van der Waals surface area contributed by atoms with Crippen LogP contribution in [0.5, 0.6) is 0 Å². The van der Waals surface area contributed by atoms with Gasteiger partial charge in [-0.1, -0.05) is 0 Å². The van der Waals surface area contributed by atoms with Gasteiger partial charge in [-0.05, 0) is 0 Å². The quantitative estimate of drug-likeness (QED) is 0.623. The first kappa shape index (κ1) is 9.83. The summed E-state index contributed by atoms with van der Waals surface area (Å²) in [6.45, 7) is 2.09. The topological polar surface area (TPSA) is 0 Å². The fraction of sp³-hybridized carbons (Fsp3) is 0.667. The van der Waals surface area contributed by atoms with Crippen LogP contribution in [-0.4, -0.2) is 4.40 Å². The zero-order chi connectivity index (χ0) is 3.41. The van der Waals surface area contributed by atoms with Gasteiger partial charge >= 0.3 is 37.1 Å². The first-order valence-corrected chi connectivity index (χ1v) is 2.73. The molecule has 0 bridgehead atoms. The van der Waals surface area contributed by atoms with Crippen LogP contribution in [0.2, 0.25) is 0 Å². The fourth-order valence-corrected chi connectivity index (χ4v) is 0. The summed E-state index contributed by atoms with van der Waals surface area (Å²) in [5.74, 6) is 0. The second-order valence-corrected chi connectivity index (χ2v) is 1.54. The van der Waals surface area contributed by atoms with E-state index < -0.39 is 0 Å². The van der Waals surface area contributed by atoms with Crippen LogP contribution in [0.1, 0.15) is 13.3 Å². The molecule has 0 saturated heterocycles. The average Bonchev–Trinajstić information content (AvgIpc) is 1.37. The molecule has 2 heteroatoms. The SMILES string of the molecule is CC[C-]=[W].[Y]. The normalized spacial score (nSPS) is 5.00. The zero-order valence-corrected chi connectivity index (χ0v) is 8.96. The molecular weight excluding hydrogens is 309 g/mol. The largest absolute Gasteiger partial charge is 0 e. The van der Waals surface area contributed by atoms with Crippen LogP contribution < -0.4 is 0 Å². The van der Waals surface area contributed by atoms with Crippen molar-refractivity contribution >= 4 is 4.40 Å². The van der Waals surface area contributed by atoms with Crippen LogP contribution in [0, 0.1) is 0 Å². The fourth-order valence-electron chi connectivity index (χ4n) is 0. The molecule has 0 aliphatic rings. The Morgan fingerprint density at radius 3 is 2.00 bits per heavy atom. The van der Waals surface area contributed by atoms with Gasteiger partial charge in [0.1, 0.15) is 0 Å². The van der Waals surface area contributed by atoms with E-state index in [1.165, 1.54) is 19.4 Å². The molecule has 0 saturated carbocycles. The van der Waals surface area contributed by atoms with E-state index in [1.807, 2.05) is 0 Å². The van der Waals surface area contributed by atoms with Crippen LogP contribution in [0.4, 0.5) is 0 Å². The van der Waals surface area contributed by atoms with Gasteiger partial charge in [-0.3, -0.25) is 0 Å². The summed E-state index contributed by atoms with van der Waals surface area (Å²) in [6.07, 6.45) is 1.11. The minimum Gasteiger partial charge on any atom is 0 e. The summed E-state index contributed by atoms with van der Waals surface area (Å²) >= 11 is 1.46. The maximum absolute atomic E-state index is 3.01. The molecule has 0 heterocycles. The van der Waals surface area contributed by atoms with Crippen molar-refractivity contribution in [2.24, 2.45) is 0 Å². The molecule has 0 fully saturated rings. The van der Waals surface area contributed by atoms with Crippen molar-refractivity contribution in [2.45, 2.75) is 13.3 Å². The minimum absolute atomic E-state index is 0. The monoisotopic (exact) mass is 314 g/mol. The molecule has 0 aromatic carbocycles. The summed E-state index contributed by atoms with van der Waals surface area (Å²) in [5.41, 5.74) is 0. The second-order valence-electron chi connectivity index (χ2n) is 0.498. The maximum atomic E-state index is 3.01. The van der Waals surface area contributed by atoms with Crippen LogP contribution in [0.15, 0.2) is 0 Å². The van der Waals surface area contributed by atoms with Gasteiger partial charge in [-0.25, -0.2) is 0 Å². The Balaban J connectivity index is 0. The molecule has 0 nitrogen and oxygen atoms in total. The summed E-state index contributed by atoms with van der Waals surface area (Å²) < 4.78 is 3.01. The van der Waals surface area contributed by atoms with Gasteiger partial charge in [-0.2, -0.15) is 0 Å². The molecule has 0 amide bonds. The van der Waals surface area contributed by atoms with E-state index >= 15 is 0 Å². The zero-order valence-electron chi connectivity index (χ0n) is 3.19. The molecule has 5 heavy (non-hydrogen) atoms. The Bertz CT molecular complexity index is 20.9. The third-order valence-electron chi connectivity index (χ3n) is 0.144. The first-order chi connectivity index (χ1) is 1.91. The Hall–Kier alpha value is 1.66. The minimum atomic E-state index is 0. The molecule has 0 aromatic rings. The Morgan fingerprint density at radius 2 is 2.00 bits per heavy atom. The van der Waals surface area contributed by atoms with Crippen molar-refractivity contribution in [1.29, 1.82) is 0 Å². The Labute approximate surface area is 69.0 Å². The van der Waals surface area contributed by atoms with Gasteiger partial charge in [-0.15, -0.1) is 0 Å². The molecule has 0 N–H and O–H groups in total. The second kappa shape index (κ2) is 9.18. The molecule has 0 aliphatic carbocycles. The Morgan fingerprint density at radius 1 is 1.80 bits per heavy atom. The number of hydrogen-bond donors (Lipinski definition) is 0. The van der Waals surface area contributed by atoms with Gasteiger partial charge in [0.15, 0.2) is 0 Å². The molecule has 0 rings (SSSR count). The average molecular weight is 314 g/mol. The Kier molecular flexibility index (Phi) is 18.0. The van der Waals surface area contributed by atoms with E-state index in [0.29, 0.717) is 0 Å². The van der Waals surface area contributed by atoms with Crippen molar-refractivity contribution in [1.82, 2.24) is 0 Å². The number of rotatable bonds is 1. The van der Waals surface area contributed by atoms with Crippen LogP contribution in [0.25, 0.3) is 0 Å². The van der Waals surface area contributed by atoms with Gasteiger partial charge in [0.05, 0.1) is 0 Å². The predicted octanol–water partition coefficient (Wildman–Crippen LogP) is 0.620. The van der Waals surface area contributed by atoms with Crippen LogP contribution in [-0.2, 0) is 52.1 Å². The van der Waals surface area contributed by atoms with Gasteiger partial charge in [0, 0.05) is 32.7 Å². The standard InChI is InChI=1S/C3H5.W.Y/c1-3-2;;/h3H2,1H3;;/q-1;;. The predicted molar refractivity (Wildman–Crippen MR) is 15.3 cm³/mol. The van der Waals surface area contributed by atoms with Crippen molar-refractivity contribution in [3.63, 3.8) is 0 Å². The summed E-state index contributed by atoms with van der Waals surface area (Å²) in [5, 5.41) is 0. The van der Waals surface area contributed by atoms with Gasteiger partial charge < -0.3 is 0 Å². The van der Waals surface area contributed by atoms with E-state index in [4.69, 9.17) is 0 Å². The number of hydrogen-bond acceptors (Lipinski definition) is 0. The third-order valence-corrected chi connectivity index (χ3v) is 1.18. The van der Waals surface area contributed by atoms with Crippen LogP contribution >= 0.6 is 0 Å². The van der Waals surface area contributed by atoms with Crippen molar-refractivity contribution < 1.29 is 52.1 Å². The molecule has 27 valence electrons. The van der Waals surface area contributed by atoms with Crippen molar-refractivity contribution in [3.8, 4) is 0 Å². The molecule has 0 atom stereocenters. The van der Waals surface area contributed by atoms with Crippen molar-refractivity contribution in [3.05, 3.63) is 0 Å². The summed E-state index contributed by atoms with van der Waals surface area (Å²) in [6, 6.07) is 0. The molecular formula is C3H5WY-. The molecule has 0 unspecified atom stereocenters. The molecule has 0 aliphatic heterocycles. The maximum Gasteiger partial charge on any atom is 0 e. The van der Waals surface area contributed by atoms with E-state index in [-0.39, 0.29) is 32.7 Å². The summed E-state index contributed by atoms with van der Waals surface area (Å²) in [7, 11) is 0. The van der Waals surface area contributed by atoms with E-state index in [1.54, 1.807) is 0 Å². The smallest absolute Gasteiger partial charge is 0 e. The van der Waals surface area contributed by atoms with Crippen molar-refractivity contribution in [2.75, 3.05) is 0 Å². The van der Waals surface area contributed by atoms with Gasteiger partial charge in [0.2, 0.25) is 0 Å². The van der Waals surface area contributed by atoms with E-state index in [9.17, 15) is 0 Å². The first-order valence-electron chi connectivity index (χ1n) is 1.26. The molecule has 0 aromatic heterocycles. The molecule has 0 spiro atoms.